The van der Waals surface area contributed by atoms with Gasteiger partial charge in [0.2, 0.25) is 0 Å². The van der Waals surface area contributed by atoms with Gasteiger partial charge < -0.3 is 10.1 Å². The third kappa shape index (κ3) is 3.98. The number of hydrogen-bond donors (Lipinski definition) is 1. The molecule has 0 aromatic heterocycles. The van der Waals surface area contributed by atoms with Gasteiger partial charge in [-0.1, -0.05) is 19.1 Å². The molecule has 0 saturated carbocycles. The zero-order valence-electron chi connectivity index (χ0n) is 12.1. The SMILES string of the molecule is CCCNC(c1ccc(C)c(F)c1F)C(C)OCC. The third-order valence-corrected chi connectivity index (χ3v) is 3.15. The molecule has 4 heteroatoms. The Bertz CT molecular complexity index is 409. The highest BCUT2D eigenvalue weighted by Crippen LogP contribution is 2.25. The van der Waals surface area contributed by atoms with E-state index in [2.05, 4.69) is 5.32 Å². The summed E-state index contributed by atoms with van der Waals surface area (Å²) in [5, 5.41) is 3.23. The van der Waals surface area contributed by atoms with Gasteiger partial charge in [-0.05, 0) is 39.3 Å². The molecule has 0 aliphatic carbocycles. The van der Waals surface area contributed by atoms with Crippen LogP contribution in [0.4, 0.5) is 8.78 Å². The molecule has 0 aliphatic rings. The molecule has 1 aromatic rings. The van der Waals surface area contributed by atoms with Crippen molar-refractivity contribution in [3.63, 3.8) is 0 Å². The monoisotopic (exact) mass is 271 g/mol. The fraction of sp³-hybridized carbons (Fsp3) is 0.600. The molecule has 2 unspecified atom stereocenters. The van der Waals surface area contributed by atoms with Crippen molar-refractivity contribution in [3.8, 4) is 0 Å². The van der Waals surface area contributed by atoms with Crippen LogP contribution in [0.2, 0.25) is 0 Å². The maximum absolute atomic E-state index is 14.1. The minimum atomic E-state index is -0.778. The lowest BCUT2D eigenvalue weighted by Crippen LogP contribution is -2.33. The Morgan fingerprint density at radius 3 is 2.47 bits per heavy atom. The molecule has 19 heavy (non-hydrogen) atoms. The van der Waals surface area contributed by atoms with Crippen molar-refractivity contribution in [1.82, 2.24) is 5.32 Å². The average molecular weight is 271 g/mol. The van der Waals surface area contributed by atoms with Crippen LogP contribution in [0.3, 0.4) is 0 Å². The van der Waals surface area contributed by atoms with E-state index in [1.54, 1.807) is 19.1 Å². The second-order valence-electron chi connectivity index (χ2n) is 4.69. The van der Waals surface area contributed by atoms with Crippen LogP contribution in [0.1, 0.15) is 44.4 Å². The van der Waals surface area contributed by atoms with Crippen molar-refractivity contribution >= 4 is 0 Å². The van der Waals surface area contributed by atoms with Gasteiger partial charge in [-0.2, -0.15) is 0 Å². The van der Waals surface area contributed by atoms with Gasteiger partial charge >= 0.3 is 0 Å². The van der Waals surface area contributed by atoms with Crippen LogP contribution in [0.5, 0.6) is 0 Å². The standard InChI is InChI=1S/C15H23F2NO/c1-5-9-18-15(11(4)19-6-2)12-8-7-10(3)13(16)14(12)17/h7-8,11,15,18H,5-6,9H2,1-4H3. The average Bonchev–Trinajstić information content (AvgIpc) is 2.39. The summed E-state index contributed by atoms with van der Waals surface area (Å²) in [4.78, 5) is 0. The van der Waals surface area contributed by atoms with E-state index in [9.17, 15) is 8.78 Å². The van der Waals surface area contributed by atoms with Gasteiger partial charge in [-0.15, -0.1) is 0 Å². The van der Waals surface area contributed by atoms with Gasteiger partial charge in [0.05, 0.1) is 12.1 Å². The summed E-state index contributed by atoms with van der Waals surface area (Å²) in [6.45, 7) is 8.62. The van der Waals surface area contributed by atoms with Crippen LogP contribution in [0, 0.1) is 18.6 Å². The van der Waals surface area contributed by atoms with E-state index in [0.717, 1.165) is 13.0 Å². The van der Waals surface area contributed by atoms with E-state index in [4.69, 9.17) is 4.74 Å². The second kappa shape index (κ2) is 7.56. The van der Waals surface area contributed by atoms with E-state index in [0.29, 0.717) is 17.7 Å². The molecule has 2 atom stereocenters. The number of rotatable bonds is 7. The highest BCUT2D eigenvalue weighted by atomic mass is 19.2. The Kier molecular flexibility index (Phi) is 6.38. The first kappa shape index (κ1) is 16.1. The zero-order chi connectivity index (χ0) is 14.4. The Hall–Kier alpha value is -1.00. The summed E-state index contributed by atoms with van der Waals surface area (Å²) >= 11 is 0. The Balaban J connectivity index is 3.06. The Morgan fingerprint density at radius 2 is 1.89 bits per heavy atom. The number of benzene rings is 1. The first-order chi connectivity index (χ1) is 9.02. The molecule has 0 fully saturated rings. The van der Waals surface area contributed by atoms with Gasteiger partial charge in [0, 0.05) is 12.2 Å². The summed E-state index contributed by atoms with van der Waals surface area (Å²) in [5.41, 5.74) is 0.650. The second-order valence-corrected chi connectivity index (χ2v) is 4.69. The Morgan fingerprint density at radius 1 is 1.21 bits per heavy atom. The number of halogens is 2. The Labute approximate surface area is 114 Å². The molecule has 1 aromatic carbocycles. The smallest absolute Gasteiger partial charge is 0.163 e. The minimum absolute atomic E-state index is 0.215. The van der Waals surface area contributed by atoms with Crippen LogP contribution in [-0.2, 0) is 4.74 Å². The van der Waals surface area contributed by atoms with E-state index in [1.807, 2.05) is 20.8 Å². The molecule has 0 aliphatic heterocycles. The van der Waals surface area contributed by atoms with Gasteiger partial charge in [0.25, 0.3) is 0 Å². The molecule has 1 rings (SSSR count). The molecule has 0 bridgehead atoms. The molecule has 1 N–H and O–H groups in total. The normalized spacial score (nSPS) is 14.4. The van der Waals surface area contributed by atoms with Crippen molar-refractivity contribution in [2.75, 3.05) is 13.2 Å². The summed E-state index contributed by atoms with van der Waals surface area (Å²) in [7, 11) is 0. The lowest BCUT2D eigenvalue weighted by molar-refractivity contribution is 0.0461. The van der Waals surface area contributed by atoms with Crippen LogP contribution in [0.15, 0.2) is 12.1 Å². The fourth-order valence-corrected chi connectivity index (χ4v) is 2.09. The van der Waals surface area contributed by atoms with Crippen molar-refractivity contribution in [1.29, 1.82) is 0 Å². The van der Waals surface area contributed by atoms with Gasteiger partial charge in [0.1, 0.15) is 0 Å². The third-order valence-electron chi connectivity index (χ3n) is 3.15. The zero-order valence-corrected chi connectivity index (χ0v) is 12.1. The topological polar surface area (TPSA) is 21.3 Å². The predicted octanol–water partition coefficient (Wildman–Crippen LogP) is 3.74. The summed E-state index contributed by atoms with van der Waals surface area (Å²) < 4.78 is 33.3. The lowest BCUT2D eigenvalue weighted by atomic mass is 9.99. The van der Waals surface area contributed by atoms with Crippen LogP contribution in [0.25, 0.3) is 0 Å². The van der Waals surface area contributed by atoms with Crippen LogP contribution in [-0.4, -0.2) is 19.3 Å². The summed E-state index contributed by atoms with van der Waals surface area (Å²) in [6, 6.07) is 2.90. The van der Waals surface area contributed by atoms with Gasteiger partial charge in [-0.25, -0.2) is 8.78 Å². The minimum Gasteiger partial charge on any atom is -0.377 e. The van der Waals surface area contributed by atoms with Gasteiger partial charge in [-0.3, -0.25) is 0 Å². The van der Waals surface area contributed by atoms with E-state index >= 15 is 0 Å². The molecular formula is C15H23F2NO. The maximum atomic E-state index is 14.1. The molecule has 2 nitrogen and oxygen atoms in total. The quantitative estimate of drug-likeness (QED) is 0.815. The largest absolute Gasteiger partial charge is 0.377 e. The highest BCUT2D eigenvalue weighted by molar-refractivity contribution is 5.28. The van der Waals surface area contributed by atoms with Crippen molar-refractivity contribution < 1.29 is 13.5 Å². The van der Waals surface area contributed by atoms with E-state index in [-0.39, 0.29) is 12.1 Å². The molecule has 0 amide bonds. The number of aryl methyl sites for hydroxylation is 1. The molecule has 0 saturated heterocycles. The fourth-order valence-electron chi connectivity index (χ4n) is 2.09. The van der Waals surface area contributed by atoms with Crippen molar-refractivity contribution in [3.05, 3.63) is 34.9 Å². The predicted molar refractivity (Wildman–Crippen MR) is 73.2 cm³/mol. The number of nitrogens with one attached hydrogen (secondary N) is 1. The maximum Gasteiger partial charge on any atom is 0.163 e. The molecule has 108 valence electrons. The summed E-state index contributed by atoms with van der Waals surface area (Å²) in [5.74, 6) is -1.55. The summed E-state index contributed by atoms with van der Waals surface area (Å²) in [6.07, 6.45) is 0.707. The van der Waals surface area contributed by atoms with Gasteiger partial charge in [0.15, 0.2) is 11.6 Å². The highest BCUT2D eigenvalue weighted by Gasteiger charge is 2.24. The molecule has 0 spiro atoms. The number of ether oxygens (including phenoxy) is 1. The molecule has 0 heterocycles. The first-order valence-corrected chi connectivity index (χ1v) is 6.82. The van der Waals surface area contributed by atoms with Crippen LogP contribution < -0.4 is 5.32 Å². The van der Waals surface area contributed by atoms with E-state index < -0.39 is 11.6 Å². The lowest BCUT2D eigenvalue weighted by Gasteiger charge is -2.26. The first-order valence-electron chi connectivity index (χ1n) is 6.82. The van der Waals surface area contributed by atoms with Crippen molar-refractivity contribution in [2.45, 2.75) is 46.3 Å². The number of hydrogen-bond acceptors (Lipinski definition) is 2. The van der Waals surface area contributed by atoms with E-state index in [1.165, 1.54) is 0 Å². The van der Waals surface area contributed by atoms with Crippen molar-refractivity contribution in [2.24, 2.45) is 0 Å². The molecular weight excluding hydrogens is 248 g/mol. The molecule has 0 radical (unpaired) electrons. The van der Waals surface area contributed by atoms with Crippen LogP contribution >= 0.6 is 0 Å².